The lowest BCUT2D eigenvalue weighted by Crippen LogP contribution is -2.46. The maximum atomic E-state index is 12.7. The van der Waals surface area contributed by atoms with Crippen LogP contribution in [0.25, 0.3) is 10.9 Å². The number of nitrogens with zero attached hydrogens (tertiary/aromatic N) is 4. The summed E-state index contributed by atoms with van der Waals surface area (Å²) in [4.78, 5) is 23.8. The van der Waals surface area contributed by atoms with E-state index in [2.05, 4.69) is 42.5 Å². The number of fused-ring (bicyclic) bond motifs is 1. The van der Waals surface area contributed by atoms with Gasteiger partial charge in [-0.25, -0.2) is 9.78 Å². The maximum Gasteiger partial charge on any atom is 0.412 e. The summed E-state index contributed by atoms with van der Waals surface area (Å²) in [7, 11) is 0. The quantitative estimate of drug-likeness (QED) is 0.120. The molecule has 0 bridgehead atoms. The van der Waals surface area contributed by atoms with Gasteiger partial charge in [0.15, 0.2) is 0 Å². The van der Waals surface area contributed by atoms with E-state index < -0.39 is 0 Å². The highest BCUT2D eigenvalue weighted by Gasteiger charge is 2.26. The molecule has 4 rings (SSSR count). The van der Waals surface area contributed by atoms with Crippen LogP contribution in [0.3, 0.4) is 0 Å². The predicted molar refractivity (Wildman–Crippen MR) is 184 cm³/mol. The van der Waals surface area contributed by atoms with Crippen LogP contribution in [-0.2, 0) is 4.74 Å². The molecule has 0 aliphatic carbocycles. The van der Waals surface area contributed by atoms with E-state index in [0.29, 0.717) is 41.5 Å². The molecule has 2 aromatic carbocycles. The second-order valence-electron chi connectivity index (χ2n) is 12.9. The smallest absolute Gasteiger partial charge is 0.412 e. The van der Waals surface area contributed by atoms with E-state index >= 15 is 0 Å². The topological polar surface area (TPSA) is 67.4 Å². The van der Waals surface area contributed by atoms with Crippen LogP contribution < -0.4 is 14.4 Å². The molecule has 0 radical (unpaired) electrons. The summed E-state index contributed by atoms with van der Waals surface area (Å²) >= 11 is 12.6. The predicted octanol–water partition coefficient (Wildman–Crippen LogP) is 8.39. The van der Waals surface area contributed by atoms with Crippen LogP contribution >= 0.6 is 23.2 Å². The Kier molecular flexibility index (Phi) is 12.9. The largest absolute Gasteiger partial charge is 0.494 e. The Morgan fingerprint density at radius 1 is 1.02 bits per heavy atom. The highest BCUT2D eigenvalue weighted by Crippen LogP contribution is 2.33. The van der Waals surface area contributed by atoms with Crippen molar-refractivity contribution in [3.63, 3.8) is 0 Å². The van der Waals surface area contributed by atoms with Crippen molar-refractivity contribution < 1.29 is 19.0 Å². The molecular weight excluding hydrogens is 611 g/mol. The van der Waals surface area contributed by atoms with Crippen molar-refractivity contribution in [2.75, 3.05) is 64.1 Å². The molecule has 1 aromatic heterocycles. The highest BCUT2D eigenvalue weighted by molar-refractivity contribution is 6.43. The zero-order valence-corrected chi connectivity index (χ0v) is 28.9. The Hall–Kier alpha value is -2.94. The van der Waals surface area contributed by atoms with Crippen LogP contribution in [0.2, 0.25) is 10.0 Å². The molecule has 1 amide bonds. The van der Waals surface area contributed by atoms with Crippen LogP contribution in [0, 0.1) is 11.3 Å². The Balaban J connectivity index is 1.17. The normalized spacial score (nSPS) is 14.2. The average Bonchev–Trinajstić information content (AvgIpc) is 3.00. The number of benzene rings is 2. The van der Waals surface area contributed by atoms with Gasteiger partial charge in [0.05, 0.1) is 27.9 Å². The number of hydrogen-bond donors (Lipinski definition) is 0. The molecule has 0 saturated carbocycles. The van der Waals surface area contributed by atoms with Gasteiger partial charge in [0, 0.05) is 56.8 Å². The third-order valence-electron chi connectivity index (χ3n) is 8.03. The number of ether oxygens (including phenoxy) is 3. The molecule has 0 spiro atoms. The minimum absolute atomic E-state index is 0.00788. The molecular formula is C35H48Cl2N4O4. The van der Waals surface area contributed by atoms with Crippen molar-refractivity contribution in [3.8, 4) is 11.6 Å². The van der Waals surface area contributed by atoms with Gasteiger partial charge in [0.2, 0.25) is 12.7 Å². The number of pyridine rings is 1. The van der Waals surface area contributed by atoms with Crippen molar-refractivity contribution >= 4 is 45.9 Å². The van der Waals surface area contributed by atoms with Crippen LogP contribution in [0.4, 0.5) is 10.5 Å². The zero-order valence-electron chi connectivity index (χ0n) is 27.4. The van der Waals surface area contributed by atoms with E-state index in [9.17, 15) is 4.79 Å². The summed E-state index contributed by atoms with van der Waals surface area (Å²) in [6.07, 6.45) is 2.67. The monoisotopic (exact) mass is 658 g/mol. The molecule has 1 aliphatic rings. The summed E-state index contributed by atoms with van der Waals surface area (Å²) in [5.74, 6) is 1.73. The van der Waals surface area contributed by atoms with Gasteiger partial charge >= 0.3 is 6.09 Å². The SMILES string of the molecule is CCN(CC(C)(C)CC(C)C)C(=O)OCOc1ccc2ccc(OCCCCN3CCN(c4cccc(Cl)c4Cl)CC3)cc2n1. The second kappa shape index (κ2) is 16.6. The number of rotatable bonds is 15. The molecule has 1 saturated heterocycles. The Labute approximate surface area is 278 Å². The first-order chi connectivity index (χ1) is 21.5. The summed E-state index contributed by atoms with van der Waals surface area (Å²) in [6, 6.07) is 15.4. The van der Waals surface area contributed by atoms with Gasteiger partial charge in [0.25, 0.3) is 0 Å². The maximum absolute atomic E-state index is 12.7. The Morgan fingerprint density at radius 3 is 2.51 bits per heavy atom. The van der Waals surface area contributed by atoms with E-state index in [1.165, 1.54) is 0 Å². The minimum atomic E-state index is -0.379. The molecule has 0 unspecified atom stereocenters. The van der Waals surface area contributed by atoms with Gasteiger partial charge in [-0.15, -0.1) is 0 Å². The first-order valence-electron chi connectivity index (χ1n) is 16.0. The Bertz CT molecular complexity index is 1400. The molecule has 45 heavy (non-hydrogen) atoms. The number of halogens is 2. The minimum Gasteiger partial charge on any atom is -0.494 e. The number of unbranched alkanes of at least 4 members (excludes halogenated alkanes) is 1. The molecule has 246 valence electrons. The van der Waals surface area contributed by atoms with Gasteiger partial charge in [0.1, 0.15) is 5.75 Å². The molecule has 0 atom stereocenters. The number of carbonyl (C=O) groups is 1. The molecule has 1 fully saturated rings. The summed E-state index contributed by atoms with van der Waals surface area (Å²) in [5, 5.41) is 2.21. The molecule has 8 nitrogen and oxygen atoms in total. The lowest BCUT2D eigenvalue weighted by Gasteiger charge is -2.36. The van der Waals surface area contributed by atoms with Crippen molar-refractivity contribution in [2.24, 2.45) is 11.3 Å². The number of carbonyl (C=O) groups excluding carboxylic acids is 1. The Morgan fingerprint density at radius 2 is 1.78 bits per heavy atom. The second-order valence-corrected chi connectivity index (χ2v) is 13.7. The van der Waals surface area contributed by atoms with E-state index in [1.807, 2.05) is 49.4 Å². The van der Waals surface area contributed by atoms with Crippen molar-refractivity contribution in [1.82, 2.24) is 14.8 Å². The first kappa shape index (κ1) is 34.9. The van der Waals surface area contributed by atoms with Crippen LogP contribution in [0.15, 0.2) is 48.5 Å². The summed E-state index contributed by atoms with van der Waals surface area (Å²) in [5.41, 5.74) is 1.78. The van der Waals surface area contributed by atoms with Crippen molar-refractivity contribution in [2.45, 2.75) is 53.9 Å². The van der Waals surface area contributed by atoms with Crippen LogP contribution in [0.5, 0.6) is 11.6 Å². The lowest BCUT2D eigenvalue weighted by atomic mass is 9.83. The molecule has 0 N–H and O–H groups in total. The number of amides is 1. The lowest BCUT2D eigenvalue weighted by molar-refractivity contribution is 0.0259. The fourth-order valence-corrected chi connectivity index (χ4v) is 6.46. The number of anilines is 1. The average molecular weight is 660 g/mol. The first-order valence-corrected chi connectivity index (χ1v) is 16.8. The van der Waals surface area contributed by atoms with E-state index in [0.717, 1.165) is 74.3 Å². The fourth-order valence-electron chi connectivity index (χ4n) is 6.05. The third kappa shape index (κ3) is 10.5. The zero-order chi connectivity index (χ0) is 32.4. The van der Waals surface area contributed by atoms with Gasteiger partial charge in [-0.05, 0) is 74.4 Å². The number of aromatic nitrogens is 1. The van der Waals surface area contributed by atoms with E-state index in [4.69, 9.17) is 37.4 Å². The molecule has 10 heteroatoms. The highest BCUT2D eigenvalue weighted by atomic mass is 35.5. The third-order valence-corrected chi connectivity index (χ3v) is 8.84. The van der Waals surface area contributed by atoms with Crippen molar-refractivity contribution in [1.29, 1.82) is 0 Å². The van der Waals surface area contributed by atoms with Crippen molar-refractivity contribution in [3.05, 3.63) is 58.6 Å². The van der Waals surface area contributed by atoms with Gasteiger partial charge in [-0.3, -0.25) is 4.90 Å². The van der Waals surface area contributed by atoms with E-state index in [1.54, 1.807) is 11.0 Å². The number of hydrogen-bond acceptors (Lipinski definition) is 7. The summed E-state index contributed by atoms with van der Waals surface area (Å²) < 4.78 is 17.2. The molecule has 1 aliphatic heterocycles. The van der Waals surface area contributed by atoms with Crippen LogP contribution in [-0.4, -0.2) is 80.1 Å². The summed E-state index contributed by atoms with van der Waals surface area (Å²) in [6.45, 7) is 17.3. The number of piperazine rings is 1. The van der Waals surface area contributed by atoms with Gasteiger partial charge in [-0.1, -0.05) is 57.0 Å². The standard InChI is InChI=1S/C35H48Cl2N4O4/c1-6-40(24-35(4,5)23-26(2)3)34(42)45-25-44-32-15-13-27-12-14-28(22-30(27)38-32)43-21-8-7-16-39-17-19-41(20-18-39)31-11-9-10-29(36)33(31)37/h9-15,22,26H,6-8,16-21,23-25H2,1-5H3. The van der Waals surface area contributed by atoms with Gasteiger partial charge in [-0.2, -0.15) is 0 Å². The molecule has 2 heterocycles. The van der Waals surface area contributed by atoms with Crippen LogP contribution in [0.1, 0.15) is 53.9 Å². The van der Waals surface area contributed by atoms with Gasteiger partial charge < -0.3 is 24.0 Å². The fraction of sp³-hybridized carbons (Fsp3) is 0.543. The van der Waals surface area contributed by atoms with E-state index in [-0.39, 0.29) is 18.3 Å². The molecule has 3 aromatic rings.